The summed E-state index contributed by atoms with van der Waals surface area (Å²) < 4.78 is 72.7. The lowest BCUT2D eigenvalue weighted by Gasteiger charge is -2.44. The molecule has 0 spiro atoms. The minimum atomic E-state index is -4.44. The summed E-state index contributed by atoms with van der Waals surface area (Å²) in [6.07, 6.45) is 0.943. The molecule has 0 rings (SSSR count). The van der Waals surface area contributed by atoms with Crippen molar-refractivity contribution in [2.75, 3.05) is 39.6 Å². The molecule has 0 bridgehead atoms. The van der Waals surface area contributed by atoms with Gasteiger partial charge in [-0.2, -0.15) is 0 Å². The minimum Gasteiger partial charge on any atom is -0.308 e. The van der Waals surface area contributed by atoms with Gasteiger partial charge in [0.15, 0.2) is 0 Å². The van der Waals surface area contributed by atoms with Crippen LogP contribution in [-0.2, 0) is 40.8 Å². The van der Waals surface area contributed by atoms with Crippen molar-refractivity contribution in [3.05, 3.63) is 12.7 Å². The van der Waals surface area contributed by atoms with Crippen molar-refractivity contribution in [2.24, 2.45) is 0 Å². The van der Waals surface area contributed by atoms with Crippen LogP contribution >= 0.6 is 22.8 Å². The lowest BCUT2D eigenvalue weighted by Crippen LogP contribution is -2.35. The van der Waals surface area contributed by atoms with E-state index in [0.29, 0.717) is 0 Å². The molecule has 168 valence electrons. The molecule has 0 saturated heterocycles. The van der Waals surface area contributed by atoms with E-state index in [4.69, 9.17) is 27.1 Å². The van der Waals surface area contributed by atoms with Crippen molar-refractivity contribution < 1.29 is 40.8 Å². The molecule has 0 aliphatic carbocycles. The Morgan fingerprint density at radius 1 is 0.607 bits per heavy atom. The molecule has 0 unspecified atom stereocenters. The summed E-state index contributed by atoms with van der Waals surface area (Å²) in [7, 11) is -13.3. The molecule has 0 aromatic rings. The van der Waals surface area contributed by atoms with E-state index in [1.807, 2.05) is 0 Å². The van der Waals surface area contributed by atoms with Gasteiger partial charge in [0.05, 0.1) is 39.6 Å². The monoisotopic (exact) mass is 464 g/mol. The summed E-state index contributed by atoms with van der Waals surface area (Å²) in [5, 5.41) is 0. The molecule has 0 N–H and O–H groups in total. The fourth-order valence-corrected chi connectivity index (χ4v) is 13.0. The van der Waals surface area contributed by atoms with Crippen LogP contribution in [0.4, 0.5) is 0 Å². The minimum absolute atomic E-state index is 0.0628. The van der Waals surface area contributed by atoms with Gasteiger partial charge in [0.2, 0.25) is 0 Å². The first-order valence-corrected chi connectivity index (χ1v) is 14.1. The van der Waals surface area contributed by atoms with Crippen molar-refractivity contribution in [2.45, 2.75) is 52.6 Å². The molecule has 0 amide bonds. The Labute approximate surface area is 169 Å². The van der Waals surface area contributed by atoms with Gasteiger partial charge < -0.3 is 27.1 Å². The molecule has 0 radical (unpaired) electrons. The Morgan fingerprint density at radius 3 is 0.964 bits per heavy atom. The lowest BCUT2D eigenvalue weighted by molar-refractivity contribution is 0.167. The summed E-state index contributed by atoms with van der Waals surface area (Å²) >= 11 is 0. The highest BCUT2D eigenvalue weighted by atomic mass is 31.3. The fourth-order valence-electron chi connectivity index (χ4n) is 2.73. The van der Waals surface area contributed by atoms with Crippen molar-refractivity contribution in [1.29, 1.82) is 0 Å². The number of allylic oxidation sites excluding steroid dienone is 1. The predicted molar refractivity (Wildman–Crippen MR) is 110 cm³/mol. The second kappa shape index (κ2) is 12.8. The SMILES string of the molecule is C=CCC(P(=O)(OCC)OCC)(P(=O)(OCC)OCC)P(=O)(OCC)OCC. The molecule has 12 heteroatoms. The van der Waals surface area contributed by atoms with Crippen molar-refractivity contribution in [3.63, 3.8) is 0 Å². The Kier molecular flexibility index (Phi) is 12.9. The number of rotatable bonds is 17. The van der Waals surface area contributed by atoms with E-state index in [2.05, 4.69) is 6.58 Å². The molecule has 0 saturated carbocycles. The van der Waals surface area contributed by atoms with Crippen LogP contribution in [-0.4, -0.2) is 44.3 Å². The summed E-state index contributed by atoms with van der Waals surface area (Å²) in [5.41, 5.74) is 0. The summed E-state index contributed by atoms with van der Waals surface area (Å²) in [6.45, 7) is 12.8. The van der Waals surface area contributed by atoms with Crippen LogP contribution in [0.25, 0.3) is 0 Å². The number of hydrogen-bond acceptors (Lipinski definition) is 9. The lowest BCUT2D eigenvalue weighted by atomic mass is 10.5. The van der Waals surface area contributed by atoms with Gasteiger partial charge in [-0.15, -0.1) is 6.58 Å². The van der Waals surface area contributed by atoms with Crippen LogP contribution in [0.5, 0.6) is 0 Å². The maximum atomic E-state index is 14.1. The molecule has 0 aromatic carbocycles. The van der Waals surface area contributed by atoms with Gasteiger partial charge >= 0.3 is 22.8 Å². The predicted octanol–water partition coefficient (Wildman–Crippen LogP) is 6.01. The van der Waals surface area contributed by atoms with Crippen LogP contribution in [0.1, 0.15) is 48.0 Å². The maximum absolute atomic E-state index is 14.1. The molecular formula is C16H35O9P3. The topological polar surface area (TPSA) is 107 Å². The van der Waals surface area contributed by atoms with Crippen LogP contribution in [0, 0.1) is 0 Å². The third-order valence-corrected chi connectivity index (χ3v) is 14.7. The van der Waals surface area contributed by atoms with E-state index < -0.39 is 27.4 Å². The molecule has 0 fully saturated rings. The molecule has 0 aliphatic heterocycles. The summed E-state index contributed by atoms with van der Waals surface area (Å²) in [4.78, 5) is 0. The second-order valence-corrected chi connectivity index (χ2v) is 13.1. The van der Waals surface area contributed by atoms with E-state index in [1.54, 1.807) is 41.5 Å². The first kappa shape index (κ1) is 28.2. The zero-order valence-corrected chi connectivity index (χ0v) is 20.4. The Morgan fingerprint density at radius 2 is 0.821 bits per heavy atom. The van der Waals surface area contributed by atoms with Crippen molar-refractivity contribution in [3.8, 4) is 0 Å². The normalized spacial score (nSPS) is 13.6. The smallest absolute Gasteiger partial charge is 0.308 e. The molecule has 9 nitrogen and oxygen atoms in total. The highest BCUT2D eigenvalue weighted by molar-refractivity contribution is 7.90. The first-order valence-electron chi connectivity index (χ1n) is 9.46. The average Bonchev–Trinajstić information content (AvgIpc) is 2.60. The van der Waals surface area contributed by atoms with Crippen LogP contribution in [0.3, 0.4) is 0 Å². The van der Waals surface area contributed by atoms with Gasteiger partial charge in [-0.1, -0.05) is 6.08 Å². The van der Waals surface area contributed by atoms with Gasteiger partial charge in [-0.3, -0.25) is 13.7 Å². The number of hydrogen-bond donors (Lipinski definition) is 0. The van der Waals surface area contributed by atoms with E-state index in [1.165, 1.54) is 6.08 Å². The quantitative estimate of drug-likeness (QED) is 0.189. The largest absolute Gasteiger partial charge is 0.361 e. The van der Waals surface area contributed by atoms with Gasteiger partial charge in [-0.05, 0) is 41.5 Å². The fraction of sp³-hybridized carbons (Fsp3) is 0.875. The van der Waals surface area contributed by atoms with E-state index >= 15 is 0 Å². The standard InChI is InChI=1S/C16H35O9P3/c1-8-15-16(26(17,20-9-2)21-10-3,27(18,22-11-4)23-12-5)28(19,24-13-6)25-14-7/h8H,1,9-15H2,2-7H3. The maximum Gasteiger partial charge on any atom is 0.361 e. The third-order valence-electron chi connectivity index (χ3n) is 3.53. The molecular weight excluding hydrogens is 429 g/mol. The highest BCUT2D eigenvalue weighted by Gasteiger charge is 2.76. The Hall–Kier alpha value is 0.190. The second-order valence-electron chi connectivity index (χ2n) is 5.27. The van der Waals surface area contributed by atoms with E-state index in [9.17, 15) is 13.7 Å². The first-order chi connectivity index (χ1) is 13.2. The highest BCUT2D eigenvalue weighted by Crippen LogP contribution is 2.92. The van der Waals surface area contributed by atoms with Crippen molar-refractivity contribution >= 4 is 22.8 Å². The van der Waals surface area contributed by atoms with Crippen LogP contribution in [0.15, 0.2) is 12.7 Å². The summed E-state index contributed by atoms with van der Waals surface area (Å²) in [5.74, 6) is 0. The third kappa shape index (κ3) is 5.46. The summed E-state index contributed by atoms with van der Waals surface area (Å²) in [6, 6.07) is 0. The zero-order chi connectivity index (χ0) is 21.9. The Balaban J connectivity index is 7.34. The van der Waals surface area contributed by atoms with Crippen LogP contribution in [0.2, 0.25) is 0 Å². The molecule has 0 atom stereocenters. The molecule has 0 aliphatic rings. The van der Waals surface area contributed by atoms with Crippen LogP contribution < -0.4 is 0 Å². The van der Waals surface area contributed by atoms with E-state index in [0.717, 1.165) is 0 Å². The van der Waals surface area contributed by atoms with Gasteiger partial charge in [-0.25, -0.2) is 0 Å². The van der Waals surface area contributed by atoms with Gasteiger partial charge in [0.25, 0.3) is 4.64 Å². The van der Waals surface area contributed by atoms with Gasteiger partial charge in [0.1, 0.15) is 0 Å². The molecule has 28 heavy (non-hydrogen) atoms. The zero-order valence-electron chi connectivity index (χ0n) is 17.8. The van der Waals surface area contributed by atoms with Crippen molar-refractivity contribution in [1.82, 2.24) is 0 Å². The average molecular weight is 464 g/mol. The molecule has 0 heterocycles. The molecule has 0 aromatic heterocycles. The van der Waals surface area contributed by atoms with E-state index in [-0.39, 0.29) is 46.1 Å². The Bertz CT molecular complexity index is 504. The van der Waals surface area contributed by atoms with Gasteiger partial charge in [0, 0.05) is 6.42 Å².